The third-order valence-corrected chi connectivity index (χ3v) is 3.94. The predicted octanol–water partition coefficient (Wildman–Crippen LogP) is 3.22. The van der Waals surface area contributed by atoms with Crippen molar-refractivity contribution < 1.29 is 23.8 Å². The summed E-state index contributed by atoms with van der Waals surface area (Å²) in [4.78, 5) is 23.8. The van der Waals surface area contributed by atoms with E-state index < -0.39 is 17.9 Å². The zero-order chi connectivity index (χ0) is 17.1. The maximum absolute atomic E-state index is 12.3. The number of carboxylic acids is 1. The van der Waals surface area contributed by atoms with Gasteiger partial charge in [-0.15, -0.1) is 0 Å². The summed E-state index contributed by atoms with van der Waals surface area (Å²) in [7, 11) is 1.51. The maximum Gasteiger partial charge on any atom is 0.330 e. The molecule has 0 aliphatic carbocycles. The van der Waals surface area contributed by atoms with Gasteiger partial charge in [-0.1, -0.05) is 6.07 Å². The number of rotatable bonds is 5. The average molecular weight is 382 g/mol. The minimum atomic E-state index is -1.18. The lowest BCUT2D eigenvalue weighted by Crippen LogP contribution is -2.33. The van der Waals surface area contributed by atoms with E-state index in [0.29, 0.717) is 32.9 Å². The Balaban J connectivity index is 2.29. The molecule has 0 spiro atoms. The van der Waals surface area contributed by atoms with E-state index in [1.54, 1.807) is 38.1 Å². The van der Waals surface area contributed by atoms with Gasteiger partial charge in [-0.25, -0.2) is 4.79 Å². The fourth-order valence-electron chi connectivity index (χ4n) is 2.21. The van der Waals surface area contributed by atoms with E-state index in [-0.39, 0.29) is 0 Å². The van der Waals surface area contributed by atoms with Crippen LogP contribution in [-0.4, -0.2) is 24.1 Å². The molecule has 2 aromatic rings. The van der Waals surface area contributed by atoms with Crippen molar-refractivity contribution in [3.63, 3.8) is 0 Å². The molecule has 1 amide bonds. The van der Waals surface area contributed by atoms with Crippen LogP contribution < -0.4 is 10.1 Å². The Bertz CT molecular complexity index is 753. The zero-order valence-corrected chi connectivity index (χ0v) is 14.4. The van der Waals surface area contributed by atoms with E-state index in [4.69, 9.17) is 9.15 Å². The van der Waals surface area contributed by atoms with E-state index in [9.17, 15) is 14.7 Å². The van der Waals surface area contributed by atoms with Crippen LogP contribution in [0.4, 0.5) is 0 Å². The number of aliphatic carboxylic acids is 1. The van der Waals surface area contributed by atoms with Gasteiger partial charge in [0.25, 0.3) is 5.91 Å². The molecular weight excluding hydrogens is 366 g/mol. The molecule has 122 valence electrons. The minimum absolute atomic E-state index is 0.321. The van der Waals surface area contributed by atoms with E-state index in [2.05, 4.69) is 21.2 Å². The van der Waals surface area contributed by atoms with Crippen LogP contribution in [0.2, 0.25) is 0 Å². The van der Waals surface area contributed by atoms with Gasteiger partial charge in [0.15, 0.2) is 6.04 Å². The fourth-order valence-corrected chi connectivity index (χ4v) is 2.77. The molecule has 0 radical (unpaired) electrons. The Morgan fingerprint density at radius 1 is 1.30 bits per heavy atom. The molecule has 0 bridgehead atoms. The minimum Gasteiger partial charge on any atom is -0.496 e. The van der Waals surface area contributed by atoms with Gasteiger partial charge in [-0.05, 0) is 53.5 Å². The number of aryl methyl sites for hydroxylation is 2. The molecule has 0 saturated carbocycles. The van der Waals surface area contributed by atoms with Crippen molar-refractivity contribution in [1.82, 2.24) is 5.32 Å². The summed E-state index contributed by atoms with van der Waals surface area (Å²) < 4.78 is 11.0. The lowest BCUT2D eigenvalue weighted by Gasteiger charge is -2.16. The molecule has 2 rings (SSSR count). The standard InChI is InChI=1S/C16H16BrNO5/c1-8-6-11(9(2)23-8)15(19)18-14(16(20)21)10-4-5-13(22-3)12(17)7-10/h4-7,14H,1-3H3,(H,18,19)(H,20,21). The molecule has 0 fully saturated rings. The van der Waals surface area contributed by atoms with Crippen LogP contribution in [0.25, 0.3) is 0 Å². The SMILES string of the molecule is COc1ccc(C(NC(=O)c2cc(C)oc2C)C(=O)O)cc1Br. The van der Waals surface area contributed by atoms with Gasteiger partial charge < -0.3 is 19.6 Å². The first-order valence-corrected chi connectivity index (χ1v) is 7.57. The fraction of sp³-hybridized carbons (Fsp3) is 0.250. The topological polar surface area (TPSA) is 88.8 Å². The summed E-state index contributed by atoms with van der Waals surface area (Å²) in [6.45, 7) is 3.38. The highest BCUT2D eigenvalue weighted by Crippen LogP contribution is 2.28. The molecule has 0 aliphatic rings. The van der Waals surface area contributed by atoms with Crippen molar-refractivity contribution >= 4 is 27.8 Å². The number of halogens is 1. The molecule has 23 heavy (non-hydrogen) atoms. The molecular formula is C16H16BrNO5. The highest BCUT2D eigenvalue weighted by atomic mass is 79.9. The normalized spacial score (nSPS) is 11.8. The molecule has 1 aromatic carbocycles. The first kappa shape index (κ1) is 17.1. The maximum atomic E-state index is 12.3. The number of amides is 1. The summed E-state index contributed by atoms with van der Waals surface area (Å²) >= 11 is 3.31. The number of carbonyl (C=O) groups excluding carboxylic acids is 1. The van der Waals surface area contributed by atoms with E-state index in [1.165, 1.54) is 7.11 Å². The number of hydrogen-bond donors (Lipinski definition) is 2. The molecule has 2 N–H and O–H groups in total. The molecule has 1 heterocycles. The second-order valence-corrected chi connectivity index (χ2v) is 5.82. The van der Waals surface area contributed by atoms with Crippen LogP contribution >= 0.6 is 15.9 Å². The Kier molecular flexibility index (Phi) is 5.10. The van der Waals surface area contributed by atoms with Crippen LogP contribution in [0, 0.1) is 13.8 Å². The van der Waals surface area contributed by atoms with E-state index >= 15 is 0 Å². The molecule has 1 atom stereocenters. The lowest BCUT2D eigenvalue weighted by atomic mass is 10.1. The first-order valence-electron chi connectivity index (χ1n) is 6.77. The van der Waals surface area contributed by atoms with Crippen molar-refractivity contribution in [2.75, 3.05) is 7.11 Å². The molecule has 7 heteroatoms. The molecule has 0 aliphatic heterocycles. The van der Waals surface area contributed by atoms with Gasteiger partial charge in [0.2, 0.25) is 0 Å². The molecule has 0 saturated heterocycles. The van der Waals surface area contributed by atoms with Crippen LogP contribution in [0.15, 0.2) is 33.2 Å². The van der Waals surface area contributed by atoms with Crippen molar-refractivity contribution in [2.45, 2.75) is 19.9 Å². The third kappa shape index (κ3) is 3.73. The Morgan fingerprint density at radius 2 is 2.00 bits per heavy atom. The zero-order valence-electron chi connectivity index (χ0n) is 12.8. The van der Waals surface area contributed by atoms with Crippen LogP contribution in [-0.2, 0) is 4.79 Å². The van der Waals surface area contributed by atoms with E-state index in [1.807, 2.05) is 0 Å². The van der Waals surface area contributed by atoms with Crippen molar-refractivity contribution in [2.24, 2.45) is 0 Å². The van der Waals surface area contributed by atoms with Gasteiger partial charge in [0, 0.05) is 0 Å². The second-order valence-electron chi connectivity index (χ2n) is 4.97. The number of hydrogen-bond acceptors (Lipinski definition) is 4. The highest BCUT2D eigenvalue weighted by molar-refractivity contribution is 9.10. The van der Waals surface area contributed by atoms with Gasteiger partial charge in [0.1, 0.15) is 17.3 Å². The third-order valence-electron chi connectivity index (χ3n) is 3.32. The summed E-state index contributed by atoms with van der Waals surface area (Å²) in [6, 6.07) is 5.23. The number of methoxy groups -OCH3 is 1. The first-order chi connectivity index (χ1) is 10.8. The summed E-state index contributed by atoms with van der Waals surface area (Å²) in [5.74, 6) is -0.0516. The monoisotopic (exact) mass is 381 g/mol. The smallest absolute Gasteiger partial charge is 0.330 e. The van der Waals surface area contributed by atoms with Crippen LogP contribution in [0.3, 0.4) is 0 Å². The van der Waals surface area contributed by atoms with Gasteiger partial charge in [-0.3, -0.25) is 4.79 Å². The van der Waals surface area contributed by atoms with Crippen molar-refractivity contribution in [1.29, 1.82) is 0 Å². The highest BCUT2D eigenvalue weighted by Gasteiger charge is 2.25. The second kappa shape index (κ2) is 6.87. The predicted molar refractivity (Wildman–Crippen MR) is 86.7 cm³/mol. The molecule has 1 aromatic heterocycles. The molecule has 1 unspecified atom stereocenters. The van der Waals surface area contributed by atoms with Gasteiger partial charge >= 0.3 is 5.97 Å². The quantitative estimate of drug-likeness (QED) is 0.829. The average Bonchev–Trinajstić information content (AvgIpc) is 2.83. The number of nitrogens with one attached hydrogen (secondary N) is 1. The largest absolute Gasteiger partial charge is 0.496 e. The number of ether oxygens (including phenoxy) is 1. The number of carboxylic acid groups (broad SMARTS) is 1. The van der Waals surface area contributed by atoms with Gasteiger partial charge in [0.05, 0.1) is 17.1 Å². The van der Waals surface area contributed by atoms with Crippen LogP contribution in [0.1, 0.15) is 33.5 Å². The Labute approximate surface area is 141 Å². The summed E-state index contributed by atoms with van der Waals surface area (Å²) in [6.07, 6.45) is 0. The van der Waals surface area contributed by atoms with Crippen LogP contribution in [0.5, 0.6) is 5.75 Å². The number of carbonyl (C=O) groups is 2. The number of furan rings is 1. The Hall–Kier alpha value is -2.28. The summed E-state index contributed by atoms with van der Waals surface area (Å²) in [5, 5.41) is 11.9. The lowest BCUT2D eigenvalue weighted by molar-refractivity contribution is -0.139. The van der Waals surface area contributed by atoms with Gasteiger partial charge in [-0.2, -0.15) is 0 Å². The van der Waals surface area contributed by atoms with E-state index in [0.717, 1.165) is 0 Å². The molecule has 6 nitrogen and oxygen atoms in total. The summed E-state index contributed by atoms with van der Waals surface area (Å²) in [5.41, 5.74) is 0.748. The van der Waals surface area contributed by atoms with Crippen molar-refractivity contribution in [3.8, 4) is 5.75 Å². The Morgan fingerprint density at radius 3 is 2.48 bits per heavy atom. The number of benzene rings is 1. The van der Waals surface area contributed by atoms with Crippen molar-refractivity contribution in [3.05, 3.63) is 51.4 Å².